The van der Waals surface area contributed by atoms with Crippen molar-refractivity contribution < 1.29 is 4.74 Å². The van der Waals surface area contributed by atoms with Gasteiger partial charge in [-0.15, -0.1) is 0 Å². The van der Waals surface area contributed by atoms with E-state index in [0.717, 1.165) is 45.3 Å². The van der Waals surface area contributed by atoms with Crippen molar-refractivity contribution in [1.29, 1.82) is 0 Å². The SMILES string of the molecule is CC(C)CCOCCN1CCN[C@H](C)C1. The molecule has 0 aromatic carbocycles. The average Bonchev–Trinajstić information content (AvgIpc) is 2.17. The summed E-state index contributed by atoms with van der Waals surface area (Å²) in [5, 5.41) is 3.45. The second kappa shape index (κ2) is 7.20. The van der Waals surface area contributed by atoms with E-state index in [1.54, 1.807) is 0 Å². The number of rotatable bonds is 6. The summed E-state index contributed by atoms with van der Waals surface area (Å²) in [6, 6.07) is 0.634. The lowest BCUT2D eigenvalue weighted by atomic mass is 10.1. The number of nitrogens with one attached hydrogen (secondary N) is 1. The maximum absolute atomic E-state index is 5.62. The van der Waals surface area contributed by atoms with Gasteiger partial charge in [-0.2, -0.15) is 0 Å². The molecule has 1 rings (SSSR count). The van der Waals surface area contributed by atoms with Crippen LogP contribution < -0.4 is 5.32 Å². The molecule has 0 aromatic heterocycles. The fourth-order valence-electron chi connectivity index (χ4n) is 1.83. The summed E-state index contributed by atoms with van der Waals surface area (Å²) in [7, 11) is 0. The molecule has 90 valence electrons. The molecule has 1 fully saturated rings. The molecule has 0 bridgehead atoms. The minimum atomic E-state index is 0.634. The molecule has 1 aliphatic heterocycles. The van der Waals surface area contributed by atoms with E-state index in [9.17, 15) is 0 Å². The highest BCUT2D eigenvalue weighted by molar-refractivity contribution is 4.74. The monoisotopic (exact) mass is 214 g/mol. The molecule has 1 N–H and O–H groups in total. The van der Waals surface area contributed by atoms with E-state index >= 15 is 0 Å². The van der Waals surface area contributed by atoms with Crippen LogP contribution in [0.15, 0.2) is 0 Å². The highest BCUT2D eigenvalue weighted by Crippen LogP contribution is 2.00. The van der Waals surface area contributed by atoms with Gasteiger partial charge in [0.2, 0.25) is 0 Å². The molecule has 0 aromatic rings. The van der Waals surface area contributed by atoms with Crippen LogP contribution in [0.4, 0.5) is 0 Å². The van der Waals surface area contributed by atoms with Crippen LogP contribution in [0.1, 0.15) is 27.2 Å². The van der Waals surface area contributed by atoms with Crippen molar-refractivity contribution in [3.63, 3.8) is 0 Å². The van der Waals surface area contributed by atoms with Gasteiger partial charge in [0, 0.05) is 38.8 Å². The summed E-state index contributed by atoms with van der Waals surface area (Å²) in [5.41, 5.74) is 0. The van der Waals surface area contributed by atoms with Gasteiger partial charge in [-0.25, -0.2) is 0 Å². The third kappa shape index (κ3) is 6.13. The van der Waals surface area contributed by atoms with Crippen LogP contribution in [0.5, 0.6) is 0 Å². The smallest absolute Gasteiger partial charge is 0.0593 e. The Bertz CT molecular complexity index is 162. The van der Waals surface area contributed by atoms with Crippen molar-refractivity contribution in [2.24, 2.45) is 5.92 Å². The second-order valence-electron chi connectivity index (χ2n) is 4.95. The molecule has 1 aliphatic rings. The minimum Gasteiger partial charge on any atom is -0.380 e. The van der Waals surface area contributed by atoms with Gasteiger partial charge in [0.15, 0.2) is 0 Å². The highest BCUT2D eigenvalue weighted by atomic mass is 16.5. The molecule has 1 atom stereocenters. The third-order valence-electron chi connectivity index (χ3n) is 2.84. The molecule has 3 nitrogen and oxygen atoms in total. The first-order chi connectivity index (χ1) is 7.18. The topological polar surface area (TPSA) is 24.5 Å². The Hall–Kier alpha value is -0.120. The molecule has 3 heteroatoms. The zero-order valence-corrected chi connectivity index (χ0v) is 10.5. The van der Waals surface area contributed by atoms with E-state index in [2.05, 4.69) is 31.0 Å². The van der Waals surface area contributed by atoms with Crippen molar-refractivity contribution in [3.05, 3.63) is 0 Å². The molecule has 0 unspecified atom stereocenters. The van der Waals surface area contributed by atoms with Crippen LogP contribution >= 0.6 is 0 Å². The van der Waals surface area contributed by atoms with Crippen LogP contribution in [-0.2, 0) is 4.74 Å². The van der Waals surface area contributed by atoms with Crippen LogP contribution in [0.25, 0.3) is 0 Å². The number of nitrogens with zero attached hydrogens (tertiary/aromatic N) is 1. The third-order valence-corrected chi connectivity index (χ3v) is 2.84. The number of piperazine rings is 1. The van der Waals surface area contributed by atoms with Crippen molar-refractivity contribution in [2.45, 2.75) is 33.2 Å². The Morgan fingerprint density at radius 3 is 2.87 bits per heavy atom. The average molecular weight is 214 g/mol. The van der Waals surface area contributed by atoms with E-state index in [0.29, 0.717) is 6.04 Å². The summed E-state index contributed by atoms with van der Waals surface area (Å²) in [6.45, 7) is 13.1. The van der Waals surface area contributed by atoms with Gasteiger partial charge >= 0.3 is 0 Å². The maximum Gasteiger partial charge on any atom is 0.0593 e. The zero-order chi connectivity index (χ0) is 11.1. The highest BCUT2D eigenvalue weighted by Gasteiger charge is 2.14. The van der Waals surface area contributed by atoms with Crippen LogP contribution in [0.3, 0.4) is 0 Å². The Kier molecular flexibility index (Phi) is 6.22. The standard InChI is InChI=1S/C12H26N2O/c1-11(2)4-8-15-9-7-14-6-5-13-12(3)10-14/h11-13H,4-10H2,1-3H3/t12-/m1/s1. The molecule has 0 radical (unpaired) electrons. The van der Waals surface area contributed by atoms with E-state index in [4.69, 9.17) is 4.74 Å². The van der Waals surface area contributed by atoms with Gasteiger partial charge in [-0.05, 0) is 19.3 Å². The fraction of sp³-hybridized carbons (Fsp3) is 1.00. The van der Waals surface area contributed by atoms with E-state index < -0.39 is 0 Å². The maximum atomic E-state index is 5.62. The Balaban J connectivity index is 1.95. The predicted octanol–water partition coefficient (Wildman–Crippen LogP) is 1.34. The lowest BCUT2D eigenvalue weighted by Crippen LogP contribution is -2.49. The van der Waals surface area contributed by atoms with Gasteiger partial charge < -0.3 is 10.1 Å². The van der Waals surface area contributed by atoms with Gasteiger partial charge in [0.1, 0.15) is 0 Å². The van der Waals surface area contributed by atoms with E-state index in [-0.39, 0.29) is 0 Å². The molecule has 1 saturated heterocycles. The molecule has 0 spiro atoms. The first-order valence-electron chi connectivity index (χ1n) is 6.22. The lowest BCUT2D eigenvalue weighted by molar-refractivity contribution is 0.0868. The van der Waals surface area contributed by atoms with E-state index in [1.165, 1.54) is 6.42 Å². The zero-order valence-electron chi connectivity index (χ0n) is 10.5. The number of hydrogen-bond donors (Lipinski definition) is 1. The largest absolute Gasteiger partial charge is 0.380 e. The number of ether oxygens (including phenoxy) is 1. The Morgan fingerprint density at radius 2 is 2.20 bits per heavy atom. The molecular formula is C12H26N2O. The molecule has 0 amide bonds. The second-order valence-corrected chi connectivity index (χ2v) is 4.95. The number of hydrogen-bond acceptors (Lipinski definition) is 3. The minimum absolute atomic E-state index is 0.634. The van der Waals surface area contributed by atoms with Crippen LogP contribution in [0, 0.1) is 5.92 Å². The summed E-state index contributed by atoms with van der Waals surface area (Å²) < 4.78 is 5.62. The van der Waals surface area contributed by atoms with Gasteiger partial charge in [-0.1, -0.05) is 13.8 Å². The van der Waals surface area contributed by atoms with Crippen molar-refractivity contribution in [2.75, 3.05) is 39.4 Å². The molecule has 0 aliphatic carbocycles. The first-order valence-corrected chi connectivity index (χ1v) is 6.22. The van der Waals surface area contributed by atoms with Crippen LogP contribution in [-0.4, -0.2) is 50.3 Å². The molecule has 1 heterocycles. The lowest BCUT2D eigenvalue weighted by Gasteiger charge is -2.31. The summed E-state index contributed by atoms with van der Waals surface area (Å²) in [6.07, 6.45) is 1.18. The normalized spacial score (nSPS) is 23.6. The van der Waals surface area contributed by atoms with Crippen molar-refractivity contribution in [3.8, 4) is 0 Å². The molecule has 15 heavy (non-hydrogen) atoms. The first kappa shape index (κ1) is 12.9. The quantitative estimate of drug-likeness (QED) is 0.675. The van der Waals surface area contributed by atoms with Crippen molar-refractivity contribution >= 4 is 0 Å². The summed E-state index contributed by atoms with van der Waals surface area (Å²) in [5.74, 6) is 0.754. The summed E-state index contributed by atoms with van der Waals surface area (Å²) >= 11 is 0. The van der Waals surface area contributed by atoms with E-state index in [1.807, 2.05) is 0 Å². The summed E-state index contributed by atoms with van der Waals surface area (Å²) in [4.78, 5) is 2.48. The fourth-order valence-corrected chi connectivity index (χ4v) is 1.83. The van der Waals surface area contributed by atoms with Crippen LogP contribution in [0.2, 0.25) is 0 Å². The predicted molar refractivity (Wildman–Crippen MR) is 64.2 cm³/mol. The molecule has 0 saturated carbocycles. The van der Waals surface area contributed by atoms with Crippen molar-refractivity contribution in [1.82, 2.24) is 10.2 Å². The molecular weight excluding hydrogens is 188 g/mol. The van der Waals surface area contributed by atoms with Gasteiger partial charge in [0.05, 0.1) is 6.61 Å². The Morgan fingerprint density at radius 1 is 1.40 bits per heavy atom. The van der Waals surface area contributed by atoms with Gasteiger partial charge in [0.25, 0.3) is 0 Å². The Labute approximate surface area is 94.2 Å². The van der Waals surface area contributed by atoms with Gasteiger partial charge in [-0.3, -0.25) is 4.90 Å².